The van der Waals surface area contributed by atoms with E-state index in [1.165, 1.54) is 17.0 Å². The van der Waals surface area contributed by atoms with E-state index < -0.39 is 26.2 Å². The number of likely N-dealkylation sites (tertiary alicyclic amines) is 1. The maximum Gasteiger partial charge on any atom is 0.410 e. The number of benzene rings is 1. The summed E-state index contributed by atoms with van der Waals surface area (Å²) in [5.41, 5.74) is -0.541. The number of hydrogen-bond donors (Lipinski definition) is 0. The molecule has 8 heteroatoms. The summed E-state index contributed by atoms with van der Waals surface area (Å²) in [6, 6.07) is 5.90. The monoisotopic (exact) mass is 391 g/mol. The average Bonchev–Trinajstić information content (AvgIpc) is 2.81. The molecule has 1 fully saturated rings. The second-order valence-electron chi connectivity index (χ2n) is 7.64. The van der Waals surface area contributed by atoms with E-state index in [1.807, 2.05) is 0 Å². The summed E-state index contributed by atoms with van der Waals surface area (Å²) < 4.78 is 41.9. The summed E-state index contributed by atoms with van der Waals surface area (Å²) in [7, 11) is 1.75. The Morgan fingerprint density at radius 2 is 1.92 bits per heavy atom. The van der Waals surface area contributed by atoms with Crippen LogP contribution in [-0.4, -0.2) is 43.9 Å². The zero-order chi connectivity index (χ0) is 18.9. The highest BCUT2D eigenvalue weighted by Crippen LogP contribution is 2.37. The van der Waals surface area contributed by atoms with Crippen LogP contribution >= 0.6 is 10.7 Å². The van der Waals surface area contributed by atoms with Crippen molar-refractivity contribution in [1.29, 1.82) is 0 Å². The van der Waals surface area contributed by atoms with E-state index in [0.717, 1.165) is 5.56 Å². The molecule has 25 heavy (non-hydrogen) atoms. The molecule has 0 spiro atoms. The third-order valence-electron chi connectivity index (χ3n) is 4.06. The fourth-order valence-electron chi connectivity index (χ4n) is 3.13. The van der Waals surface area contributed by atoms with Gasteiger partial charge in [0.15, 0.2) is 0 Å². The molecule has 0 bridgehead atoms. The van der Waals surface area contributed by atoms with Gasteiger partial charge in [-0.15, -0.1) is 0 Å². The van der Waals surface area contributed by atoms with Gasteiger partial charge in [0.05, 0.1) is 5.75 Å². The number of ether oxygens (including phenoxy) is 1. The molecule has 0 saturated carbocycles. The molecule has 0 N–H and O–H groups in total. The smallest absolute Gasteiger partial charge is 0.410 e. The normalized spacial score (nSPS) is 21.4. The number of carbonyl (C=O) groups excluding carboxylic acids is 1. The topological polar surface area (TPSA) is 63.7 Å². The zero-order valence-corrected chi connectivity index (χ0v) is 16.2. The van der Waals surface area contributed by atoms with Gasteiger partial charge in [0.25, 0.3) is 0 Å². The second-order valence-corrected chi connectivity index (χ2v) is 10.4. The molecule has 1 saturated heterocycles. The lowest BCUT2D eigenvalue weighted by Gasteiger charge is -2.29. The average molecular weight is 392 g/mol. The molecule has 1 amide bonds. The quantitative estimate of drug-likeness (QED) is 0.736. The van der Waals surface area contributed by atoms with Crippen LogP contribution in [0, 0.1) is 11.2 Å². The number of hydrogen-bond acceptors (Lipinski definition) is 4. The van der Waals surface area contributed by atoms with Crippen LogP contribution in [-0.2, 0) is 20.2 Å². The van der Waals surface area contributed by atoms with Crippen molar-refractivity contribution in [3.05, 3.63) is 35.6 Å². The van der Waals surface area contributed by atoms with Crippen LogP contribution in [0.25, 0.3) is 0 Å². The first kappa shape index (κ1) is 20.0. The Balaban J connectivity index is 2.20. The summed E-state index contributed by atoms with van der Waals surface area (Å²) in [4.78, 5) is 13.8. The van der Waals surface area contributed by atoms with Crippen LogP contribution in [0.3, 0.4) is 0 Å². The molecule has 1 aliphatic heterocycles. The van der Waals surface area contributed by atoms with E-state index in [2.05, 4.69) is 0 Å². The van der Waals surface area contributed by atoms with Crippen molar-refractivity contribution in [1.82, 2.24) is 4.90 Å². The predicted octanol–water partition coefficient (Wildman–Crippen LogP) is 3.56. The minimum atomic E-state index is -3.76. The first-order chi connectivity index (χ1) is 11.4. The Bertz CT molecular complexity index is 730. The number of halogens is 2. The summed E-state index contributed by atoms with van der Waals surface area (Å²) in [5.74, 6) is -0.609. The maximum atomic E-state index is 13.1. The lowest BCUT2D eigenvalue weighted by Crippen LogP contribution is -2.39. The van der Waals surface area contributed by atoms with E-state index in [0.29, 0.717) is 19.4 Å². The van der Waals surface area contributed by atoms with Crippen LogP contribution in [0.1, 0.15) is 32.8 Å². The number of rotatable bonds is 4. The Kier molecular flexibility index (Phi) is 5.68. The van der Waals surface area contributed by atoms with Gasteiger partial charge in [0.2, 0.25) is 9.05 Å². The van der Waals surface area contributed by atoms with E-state index in [-0.39, 0.29) is 18.1 Å². The van der Waals surface area contributed by atoms with Crippen LogP contribution in [0.2, 0.25) is 0 Å². The van der Waals surface area contributed by atoms with Gasteiger partial charge in [0.1, 0.15) is 11.4 Å². The molecule has 1 heterocycles. The summed E-state index contributed by atoms with van der Waals surface area (Å²) >= 11 is 0. The van der Waals surface area contributed by atoms with Gasteiger partial charge < -0.3 is 9.64 Å². The van der Waals surface area contributed by atoms with E-state index in [9.17, 15) is 17.6 Å². The molecule has 140 valence electrons. The fraction of sp³-hybridized carbons (Fsp3) is 0.588. The molecule has 1 atom stereocenters. The second kappa shape index (κ2) is 7.11. The van der Waals surface area contributed by atoms with Crippen molar-refractivity contribution in [2.45, 2.75) is 39.2 Å². The molecule has 0 radical (unpaired) electrons. The molecular formula is C17H23ClFNO4S. The minimum absolute atomic E-state index is 0.227. The molecule has 0 aliphatic carbocycles. The van der Waals surface area contributed by atoms with Gasteiger partial charge in [-0.05, 0) is 51.3 Å². The van der Waals surface area contributed by atoms with Crippen LogP contribution in [0.15, 0.2) is 24.3 Å². The Morgan fingerprint density at radius 3 is 2.44 bits per heavy atom. The van der Waals surface area contributed by atoms with E-state index in [4.69, 9.17) is 15.4 Å². The van der Waals surface area contributed by atoms with Crippen molar-refractivity contribution >= 4 is 25.8 Å². The Hall–Kier alpha value is -1.34. The van der Waals surface area contributed by atoms with Gasteiger partial charge >= 0.3 is 6.09 Å². The SMILES string of the molecule is CC(C)(C)OC(=O)N1CCC(Cc2ccc(F)cc2)(CS(=O)(=O)Cl)C1. The molecule has 1 aromatic rings. The minimum Gasteiger partial charge on any atom is -0.444 e. The van der Waals surface area contributed by atoms with Gasteiger partial charge in [-0.1, -0.05) is 12.1 Å². The summed E-state index contributed by atoms with van der Waals surface area (Å²) in [5, 5.41) is 0. The molecule has 2 rings (SSSR count). The highest BCUT2D eigenvalue weighted by Gasteiger charge is 2.44. The molecule has 5 nitrogen and oxygen atoms in total. The van der Waals surface area contributed by atoms with Gasteiger partial charge in [-0.25, -0.2) is 17.6 Å². The number of amides is 1. The van der Waals surface area contributed by atoms with Crippen molar-refractivity contribution < 1.29 is 22.3 Å². The third-order valence-corrected chi connectivity index (χ3v) is 5.35. The van der Waals surface area contributed by atoms with Gasteiger partial charge in [0, 0.05) is 29.2 Å². The number of carbonyl (C=O) groups is 1. The zero-order valence-electron chi connectivity index (χ0n) is 14.6. The largest absolute Gasteiger partial charge is 0.444 e. The van der Waals surface area contributed by atoms with Crippen LogP contribution < -0.4 is 0 Å². The summed E-state index contributed by atoms with van der Waals surface area (Å²) in [6.45, 7) is 5.94. The first-order valence-electron chi connectivity index (χ1n) is 8.02. The van der Waals surface area contributed by atoms with Crippen LogP contribution in [0.5, 0.6) is 0 Å². The molecule has 0 aromatic heterocycles. The Labute approximate surface area is 152 Å². The van der Waals surface area contributed by atoms with Crippen molar-refractivity contribution in [2.75, 3.05) is 18.8 Å². The number of nitrogens with zero attached hydrogens (tertiary/aromatic N) is 1. The van der Waals surface area contributed by atoms with Gasteiger partial charge in [-0.2, -0.15) is 0 Å². The lowest BCUT2D eigenvalue weighted by atomic mass is 9.82. The van der Waals surface area contributed by atoms with Crippen LogP contribution in [0.4, 0.5) is 9.18 Å². The molecule has 1 aromatic carbocycles. The highest BCUT2D eigenvalue weighted by atomic mass is 35.7. The maximum absolute atomic E-state index is 13.1. The molecule has 1 unspecified atom stereocenters. The third kappa shape index (κ3) is 6.15. The van der Waals surface area contributed by atoms with Crippen molar-refractivity contribution in [3.63, 3.8) is 0 Å². The van der Waals surface area contributed by atoms with Gasteiger partial charge in [-0.3, -0.25) is 0 Å². The predicted molar refractivity (Wildman–Crippen MR) is 94.6 cm³/mol. The molecule has 1 aliphatic rings. The van der Waals surface area contributed by atoms with Crippen molar-refractivity contribution in [3.8, 4) is 0 Å². The molecular weight excluding hydrogens is 369 g/mol. The highest BCUT2D eigenvalue weighted by molar-refractivity contribution is 8.13. The fourth-order valence-corrected chi connectivity index (χ4v) is 4.90. The van der Waals surface area contributed by atoms with Crippen molar-refractivity contribution in [2.24, 2.45) is 5.41 Å². The van der Waals surface area contributed by atoms with E-state index >= 15 is 0 Å². The first-order valence-corrected chi connectivity index (χ1v) is 10.5. The Morgan fingerprint density at radius 1 is 1.32 bits per heavy atom. The standard InChI is InChI=1S/C17H23ClFNO4S/c1-16(2,3)24-15(21)20-9-8-17(11-20,12-25(18,22)23)10-13-4-6-14(19)7-5-13/h4-7H,8-12H2,1-3H3. The lowest BCUT2D eigenvalue weighted by molar-refractivity contribution is 0.0276. The summed E-state index contributed by atoms with van der Waals surface area (Å²) in [6.07, 6.45) is 0.397. The van der Waals surface area contributed by atoms with E-state index in [1.54, 1.807) is 32.9 Å².